The van der Waals surface area contributed by atoms with E-state index in [4.69, 9.17) is 5.11 Å². The van der Waals surface area contributed by atoms with E-state index in [1.165, 1.54) is 6.07 Å². The molecule has 0 aliphatic rings. The van der Waals surface area contributed by atoms with Crippen LogP contribution in [-0.2, 0) is 6.61 Å². The van der Waals surface area contributed by atoms with Crippen molar-refractivity contribution in [1.82, 2.24) is 4.98 Å². The molecule has 0 atom stereocenters. The van der Waals surface area contributed by atoms with Crippen molar-refractivity contribution in [2.45, 2.75) is 6.61 Å². The lowest BCUT2D eigenvalue weighted by Crippen LogP contribution is -2.06. The van der Waals surface area contributed by atoms with Gasteiger partial charge in [0, 0.05) is 16.2 Å². The third kappa shape index (κ3) is 1.68. The molecular weight excluding hydrogens is 198 g/mol. The minimum absolute atomic E-state index is 0.144. The molecule has 4 heteroatoms. The third-order valence-electron chi connectivity index (χ3n) is 1.04. The number of aromatic amines is 1. The highest BCUT2D eigenvalue weighted by Crippen LogP contribution is 2.05. The average Bonchev–Trinajstić information content (AvgIpc) is 1.85. The van der Waals surface area contributed by atoms with Gasteiger partial charge in [0.1, 0.15) is 0 Å². The molecule has 0 amide bonds. The summed E-state index contributed by atoms with van der Waals surface area (Å²) in [6.07, 6.45) is 0. The first-order valence-electron chi connectivity index (χ1n) is 2.72. The number of aliphatic hydroxyl groups excluding tert-OH is 1. The molecule has 0 aromatic carbocycles. The van der Waals surface area contributed by atoms with E-state index in [-0.39, 0.29) is 12.2 Å². The Balaban J connectivity index is 3.19. The van der Waals surface area contributed by atoms with Crippen LogP contribution in [-0.4, -0.2) is 10.1 Å². The summed E-state index contributed by atoms with van der Waals surface area (Å²) in [4.78, 5) is 13.1. The van der Waals surface area contributed by atoms with Crippen LogP contribution in [0.25, 0.3) is 0 Å². The normalized spacial score (nSPS) is 9.80. The molecule has 54 valence electrons. The molecule has 0 fully saturated rings. The van der Waals surface area contributed by atoms with Gasteiger partial charge in [-0.3, -0.25) is 4.79 Å². The number of pyridine rings is 1. The maximum Gasteiger partial charge on any atom is 0.249 e. The molecule has 0 radical (unpaired) electrons. The molecule has 0 spiro atoms. The van der Waals surface area contributed by atoms with Gasteiger partial charge in [-0.15, -0.1) is 0 Å². The Hall–Kier alpha value is -0.610. The van der Waals surface area contributed by atoms with E-state index in [1.807, 2.05) is 0 Å². The number of halogens is 1. The molecule has 1 rings (SSSR count). The maximum atomic E-state index is 10.7. The van der Waals surface area contributed by atoms with E-state index in [9.17, 15) is 4.79 Å². The average molecular weight is 204 g/mol. The van der Waals surface area contributed by atoms with E-state index in [0.29, 0.717) is 10.2 Å². The summed E-state index contributed by atoms with van der Waals surface area (Å²) in [6, 6.07) is 3.06. The Morgan fingerprint density at radius 3 is 2.80 bits per heavy atom. The number of aliphatic hydroxyl groups is 1. The van der Waals surface area contributed by atoms with E-state index in [2.05, 4.69) is 20.9 Å². The quantitative estimate of drug-likeness (QED) is 0.704. The first-order chi connectivity index (χ1) is 4.72. The zero-order chi connectivity index (χ0) is 7.56. The molecule has 1 aromatic rings. The highest BCUT2D eigenvalue weighted by atomic mass is 79.9. The maximum absolute atomic E-state index is 10.7. The smallest absolute Gasteiger partial charge is 0.249 e. The van der Waals surface area contributed by atoms with Crippen molar-refractivity contribution in [2.75, 3.05) is 0 Å². The number of H-pyrrole nitrogens is 1. The summed E-state index contributed by atoms with van der Waals surface area (Å²) >= 11 is 3.12. The van der Waals surface area contributed by atoms with Crippen LogP contribution in [0.5, 0.6) is 0 Å². The lowest BCUT2D eigenvalue weighted by atomic mass is 10.4. The largest absolute Gasteiger partial charge is 0.390 e. The van der Waals surface area contributed by atoms with Gasteiger partial charge in [0.2, 0.25) is 5.56 Å². The molecule has 0 unspecified atom stereocenters. The molecule has 1 aromatic heterocycles. The molecule has 0 saturated heterocycles. The number of nitrogens with one attached hydrogen (secondary N) is 1. The highest BCUT2D eigenvalue weighted by molar-refractivity contribution is 9.10. The monoisotopic (exact) mass is 203 g/mol. The van der Waals surface area contributed by atoms with Crippen molar-refractivity contribution in [3.8, 4) is 0 Å². The summed E-state index contributed by atoms with van der Waals surface area (Å²) in [7, 11) is 0. The number of rotatable bonds is 1. The van der Waals surface area contributed by atoms with Gasteiger partial charge in [-0.2, -0.15) is 0 Å². The number of hydrogen-bond acceptors (Lipinski definition) is 2. The Morgan fingerprint density at radius 2 is 2.30 bits per heavy atom. The van der Waals surface area contributed by atoms with Crippen LogP contribution in [0.15, 0.2) is 21.4 Å². The Kier molecular flexibility index (Phi) is 2.24. The third-order valence-corrected chi connectivity index (χ3v) is 1.49. The molecule has 3 nitrogen and oxygen atoms in total. The second kappa shape index (κ2) is 2.98. The second-order valence-corrected chi connectivity index (χ2v) is 2.76. The van der Waals surface area contributed by atoms with Crippen LogP contribution in [0.2, 0.25) is 0 Å². The van der Waals surface area contributed by atoms with Crippen LogP contribution < -0.4 is 5.56 Å². The Morgan fingerprint density at radius 1 is 1.60 bits per heavy atom. The summed E-state index contributed by atoms with van der Waals surface area (Å²) in [5, 5.41) is 8.60. The zero-order valence-electron chi connectivity index (χ0n) is 5.10. The minimum Gasteiger partial charge on any atom is -0.390 e. The molecule has 1 heterocycles. The minimum atomic E-state index is -0.210. The molecule has 0 bridgehead atoms. The van der Waals surface area contributed by atoms with Crippen molar-refractivity contribution in [2.24, 2.45) is 0 Å². The lowest BCUT2D eigenvalue weighted by Gasteiger charge is -1.94. The molecule has 0 saturated carbocycles. The molecular formula is C6H6BrNO2. The standard InChI is InChI=1S/C6H6BrNO2/c7-4-1-5(3-9)8-6(10)2-4/h1-2,9H,3H2,(H,8,10). The van der Waals surface area contributed by atoms with Crippen LogP contribution in [0.1, 0.15) is 5.69 Å². The van der Waals surface area contributed by atoms with E-state index in [1.54, 1.807) is 6.07 Å². The highest BCUT2D eigenvalue weighted by Gasteiger charge is 1.93. The summed E-state index contributed by atoms with van der Waals surface area (Å²) < 4.78 is 0.681. The van der Waals surface area contributed by atoms with Gasteiger partial charge in [-0.25, -0.2) is 0 Å². The van der Waals surface area contributed by atoms with Crippen LogP contribution in [0.3, 0.4) is 0 Å². The van der Waals surface area contributed by atoms with Crippen LogP contribution in [0, 0.1) is 0 Å². The topological polar surface area (TPSA) is 53.1 Å². The van der Waals surface area contributed by atoms with Crippen LogP contribution >= 0.6 is 15.9 Å². The van der Waals surface area contributed by atoms with Gasteiger partial charge < -0.3 is 10.1 Å². The van der Waals surface area contributed by atoms with E-state index >= 15 is 0 Å². The summed E-state index contributed by atoms with van der Waals surface area (Å²) in [6.45, 7) is -0.144. The van der Waals surface area contributed by atoms with Gasteiger partial charge in [-0.1, -0.05) is 15.9 Å². The SMILES string of the molecule is O=c1cc(Br)cc(CO)[nH]1. The van der Waals surface area contributed by atoms with Gasteiger partial charge in [0.05, 0.1) is 6.61 Å². The first kappa shape index (κ1) is 7.50. The predicted octanol–water partition coefficient (Wildman–Crippen LogP) is 0.630. The zero-order valence-corrected chi connectivity index (χ0v) is 6.68. The van der Waals surface area contributed by atoms with Crippen molar-refractivity contribution >= 4 is 15.9 Å². The van der Waals surface area contributed by atoms with Crippen molar-refractivity contribution in [3.63, 3.8) is 0 Å². The van der Waals surface area contributed by atoms with Crippen molar-refractivity contribution < 1.29 is 5.11 Å². The predicted molar refractivity (Wildman–Crippen MR) is 40.7 cm³/mol. The van der Waals surface area contributed by atoms with Crippen molar-refractivity contribution in [3.05, 3.63) is 32.7 Å². The van der Waals surface area contributed by atoms with E-state index < -0.39 is 0 Å². The number of hydrogen-bond donors (Lipinski definition) is 2. The molecule has 0 aliphatic carbocycles. The lowest BCUT2D eigenvalue weighted by molar-refractivity contribution is 0.276. The van der Waals surface area contributed by atoms with Gasteiger partial charge in [0.15, 0.2) is 0 Å². The van der Waals surface area contributed by atoms with Crippen molar-refractivity contribution in [1.29, 1.82) is 0 Å². The molecule has 0 aliphatic heterocycles. The summed E-state index contributed by atoms with van der Waals surface area (Å²) in [5.41, 5.74) is 0.304. The van der Waals surface area contributed by atoms with E-state index in [0.717, 1.165) is 0 Å². The summed E-state index contributed by atoms with van der Waals surface area (Å²) in [5.74, 6) is 0. The van der Waals surface area contributed by atoms with Gasteiger partial charge >= 0.3 is 0 Å². The molecule has 10 heavy (non-hydrogen) atoms. The Labute approximate surface area is 65.8 Å². The first-order valence-corrected chi connectivity index (χ1v) is 3.51. The fourth-order valence-corrected chi connectivity index (χ4v) is 1.13. The molecule has 2 N–H and O–H groups in total. The fraction of sp³-hybridized carbons (Fsp3) is 0.167. The second-order valence-electron chi connectivity index (χ2n) is 1.85. The Bertz CT molecular complexity index is 281. The fourth-order valence-electron chi connectivity index (χ4n) is 0.649. The number of aromatic nitrogens is 1. The van der Waals surface area contributed by atoms with Gasteiger partial charge in [-0.05, 0) is 6.07 Å². The van der Waals surface area contributed by atoms with Crippen LogP contribution in [0.4, 0.5) is 0 Å². The van der Waals surface area contributed by atoms with Gasteiger partial charge in [0.25, 0.3) is 0 Å².